The fourth-order valence-corrected chi connectivity index (χ4v) is 4.36. The number of para-hydroxylation sites is 1. The van der Waals surface area contributed by atoms with Crippen molar-refractivity contribution in [3.05, 3.63) is 36.0 Å². The number of rotatable bonds is 12. The molecule has 1 aliphatic heterocycles. The van der Waals surface area contributed by atoms with Crippen molar-refractivity contribution in [1.82, 2.24) is 15.6 Å². The van der Waals surface area contributed by atoms with Crippen molar-refractivity contribution in [3.8, 4) is 0 Å². The number of hydrogen-bond acceptors (Lipinski definition) is 7. The van der Waals surface area contributed by atoms with Crippen molar-refractivity contribution in [2.75, 3.05) is 13.2 Å². The molecule has 2 heterocycles. The zero-order valence-corrected chi connectivity index (χ0v) is 19.2. The lowest BCUT2D eigenvalue weighted by Crippen LogP contribution is -2.57. The third-order valence-electron chi connectivity index (χ3n) is 5.28. The second-order valence-electron chi connectivity index (χ2n) is 8.21. The summed E-state index contributed by atoms with van der Waals surface area (Å²) in [7, 11) is 0. The van der Waals surface area contributed by atoms with E-state index in [-0.39, 0.29) is 40.9 Å². The molecule has 9 heteroatoms. The lowest BCUT2D eigenvalue weighted by molar-refractivity contribution is -0.127. The standard InChI is InChI=1S/C23H30N4O4S/c1-14(2)32-23(30)20(8-7-17(28)10-24)27-22(29)21(26-16-12-31-13-16)9-15-11-25-19-6-4-3-5-18(15)19/h3-6,10-11,14,16,20-21,24-26H,7-9,12-13H2,1-2H3,(H,27,29)/t20-,21-/m0/s1. The van der Waals surface area contributed by atoms with Crippen LogP contribution < -0.4 is 10.6 Å². The number of aromatic nitrogens is 1. The van der Waals surface area contributed by atoms with Crippen molar-refractivity contribution in [3.63, 3.8) is 0 Å². The van der Waals surface area contributed by atoms with Gasteiger partial charge in [0.25, 0.3) is 0 Å². The first-order chi connectivity index (χ1) is 15.4. The minimum absolute atomic E-state index is 0.0375. The van der Waals surface area contributed by atoms with Gasteiger partial charge >= 0.3 is 0 Å². The van der Waals surface area contributed by atoms with Gasteiger partial charge in [0, 0.05) is 28.8 Å². The summed E-state index contributed by atoms with van der Waals surface area (Å²) in [6.07, 6.45) is 3.31. The van der Waals surface area contributed by atoms with Crippen LogP contribution in [0.25, 0.3) is 10.9 Å². The summed E-state index contributed by atoms with van der Waals surface area (Å²) >= 11 is 1.14. The molecule has 0 unspecified atom stereocenters. The molecule has 1 fully saturated rings. The van der Waals surface area contributed by atoms with Crippen LogP contribution in [0.3, 0.4) is 0 Å². The number of hydrogen-bond donors (Lipinski definition) is 4. The van der Waals surface area contributed by atoms with E-state index in [1.54, 1.807) is 0 Å². The Bertz CT molecular complexity index is 970. The topological polar surface area (TPSA) is 124 Å². The molecule has 0 spiro atoms. The van der Waals surface area contributed by atoms with Gasteiger partial charge < -0.3 is 20.4 Å². The van der Waals surface area contributed by atoms with Gasteiger partial charge in [0.1, 0.15) is 0 Å². The van der Waals surface area contributed by atoms with E-state index >= 15 is 0 Å². The maximum Gasteiger partial charge on any atom is 0.238 e. The first-order valence-electron chi connectivity index (χ1n) is 10.8. The highest BCUT2D eigenvalue weighted by Gasteiger charge is 2.30. The molecule has 172 valence electrons. The molecule has 8 nitrogen and oxygen atoms in total. The number of H-pyrrole nitrogens is 1. The molecular weight excluding hydrogens is 428 g/mol. The van der Waals surface area contributed by atoms with Crippen molar-refractivity contribution in [1.29, 1.82) is 5.41 Å². The highest BCUT2D eigenvalue weighted by molar-refractivity contribution is 8.14. The monoisotopic (exact) mass is 458 g/mol. The van der Waals surface area contributed by atoms with Crippen LogP contribution in [0.4, 0.5) is 0 Å². The quantitative estimate of drug-likeness (QED) is 0.362. The molecule has 0 radical (unpaired) electrons. The van der Waals surface area contributed by atoms with Gasteiger partial charge in [0.2, 0.25) is 11.0 Å². The van der Waals surface area contributed by atoms with Crippen LogP contribution in [0.5, 0.6) is 0 Å². The third-order valence-corrected chi connectivity index (χ3v) is 6.27. The number of benzene rings is 1. The molecule has 0 saturated carbocycles. The predicted octanol–water partition coefficient (Wildman–Crippen LogP) is 2.22. The maximum atomic E-state index is 13.3. The summed E-state index contributed by atoms with van der Waals surface area (Å²) < 4.78 is 5.24. The van der Waals surface area contributed by atoms with Crippen LogP contribution in [0.2, 0.25) is 0 Å². The molecule has 1 saturated heterocycles. The number of aromatic amines is 1. The Balaban J connectivity index is 1.75. The first kappa shape index (κ1) is 24.2. The fourth-order valence-electron chi connectivity index (χ4n) is 3.56. The Kier molecular flexibility index (Phi) is 8.60. The third kappa shape index (κ3) is 6.51. The van der Waals surface area contributed by atoms with Crippen molar-refractivity contribution in [2.24, 2.45) is 0 Å². The van der Waals surface area contributed by atoms with E-state index in [1.807, 2.05) is 44.3 Å². The number of ether oxygens (including phenoxy) is 1. The van der Waals surface area contributed by atoms with Gasteiger partial charge in [-0.15, -0.1) is 0 Å². The van der Waals surface area contributed by atoms with Crippen LogP contribution >= 0.6 is 11.8 Å². The average Bonchev–Trinajstić information content (AvgIpc) is 3.14. The number of Topliss-reactive ketones (excluding diaryl/α,β-unsaturated/α-hetero) is 1. The fraction of sp³-hybridized carbons (Fsp3) is 0.478. The molecular formula is C23H30N4O4S. The van der Waals surface area contributed by atoms with Gasteiger partial charge in [-0.3, -0.25) is 19.7 Å². The molecule has 0 aliphatic carbocycles. The van der Waals surface area contributed by atoms with E-state index in [0.717, 1.165) is 34.4 Å². The second-order valence-corrected chi connectivity index (χ2v) is 9.79. The summed E-state index contributed by atoms with van der Waals surface area (Å²) in [6, 6.07) is 6.64. The zero-order chi connectivity index (χ0) is 23.1. The Morgan fingerprint density at radius 1 is 1.25 bits per heavy atom. The Hall–Kier alpha value is -2.49. The minimum Gasteiger partial charge on any atom is -0.378 e. The largest absolute Gasteiger partial charge is 0.378 e. The molecule has 1 amide bonds. The predicted molar refractivity (Wildman–Crippen MR) is 126 cm³/mol. The number of thioether (sulfide) groups is 1. The summed E-state index contributed by atoms with van der Waals surface area (Å²) in [6.45, 7) is 4.89. The number of carbonyl (C=O) groups excluding carboxylic acids is 3. The van der Waals surface area contributed by atoms with Gasteiger partial charge in [-0.2, -0.15) is 0 Å². The van der Waals surface area contributed by atoms with Crippen LogP contribution in [-0.2, 0) is 25.5 Å². The van der Waals surface area contributed by atoms with E-state index in [1.165, 1.54) is 0 Å². The number of carbonyl (C=O) groups is 3. The molecule has 2 aromatic rings. The summed E-state index contributed by atoms with van der Waals surface area (Å²) in [5.41, 5.74) is 2.01. The van der Waals surface area contributed by atoms with Crippen molar-refractivity contribution >= 4 is 45.7 Å². The molecule has 2 atom stereocenters. The van der Waals surface area contributed by atoms with Gasteiger partial charge in [-0.25, -0.2) is 0 Å². The number of fused-ring (bicyclic) bond motifs is 1. The highest BCUT2D eigenvalue weighted by atomic mass is 32.2. The molecule has 3 rings (SSSR count). The summed E-state index contributed by atoms with van der Waals surface area (Å²) in [5.74, 6) is -0.654. The number of amides is 1. The molecule has 1 aromatic heterocycles. The highest BCUT2D eigenvalue weighted by Crippen LogP contribution is 2.20. The Labute approximate surface area is 191 Å². The van der Waals surface area contributed by atoms with Gasteiger partial charge in [-0.05, 0) is 24.5 Å². The van der Waals surface area contributed by atoms with Crippen LogP contribution in [0.15, 0.2) is 30.5 Å². The molecule has 32 heavy (non-hydrogen) atoms. The Morgan fingerprint density at radius 3 is 2.66 bits per heavy atom. The maximum absolute atomic E-state index is 13.3. The van der Waals surface area contributed by atoms with E-state index in [9.17, 15) is 14.4 Å². The Morgan fingerprint density at radius 2 is 2.00 bits per heavy atom. The van der Waals surface area contributed by atoms with Crippen molar-refractivity contribution in [2.45, 2.75) is 56.5 Å². The van der Waals surface area contributed by atoms with Gasteiger partial charge in [0.05, 0.1) is 37.6 Å². The smallest absolute Gasteiger partial charge is 0.238 e. The minimum atomic E-state index is -0.788. The lowest BCUT2D eigenvalue weighted by Gasteiger charge is -2.32. The molecule has 1 aliphatic rings. The molecule has 4 N–H and O–H groups in total. The van der Waals surface area contributed by atoms with E-state index in [0.29, 0.717) is 19.6 Å². The van der Waals surface area contributed by atoms with E-state index in [2.05, 4.69) is 15.6 Å². The number of ketones is 1. The lowest BCUT2D eigenvalue weighted by atomic mass is 10.0. The number of nitrogens with one attached hydrogen (secondary N) is 4. The molecule has 1 aromatic carbocycles. The second kappa shape index (κ2) is 11.4. The normalized spacial score (nSPS) is 15.8. The first-order valence-corrected chi connectivity index (χ1v) is 11.7. The van der Waals surface area contributed by atoms with Crippen LogP contribution in [0, 0.1) is 5.41 Å². The van der Waals surface area contributed by atoms with Gasteiger partial charge in [0.15, 0.2) is 5.78 Å². The zero-order valence-electron chi connectivity index (χ0n) is 18.4. The SMILES string of the molecule is CC(C)SC(=O)[C@H](CCC(=O)C=N)NC(=O)[C@H](Cc1c[nH]c2ccccc12)NC1COC1. The summed E-state index contributed by atoms with van der Waals surface area (Å²) in [5, 5.41) is 14.2. The van der Waals surface area contributed by atoms with E-state index in [4.69, 9.17) is 10.1 Å². The van der Waals surface area contributed by atoms with Crippen LogP contribution in [-0.4, -0.2) is 64.6 Å². The molecule has 0 bridgehead atoms. The summed E-state index contributed by atoms with van der Waals surface area (Å²) in [4.78, 5) is 40.8. The van der Waals surface area contributed by atoms with Crippen molar-refractivity contribution < 1.29 is 19.1 Å². The van der Waals surface area contributed by atoms with Gasteiger partial charge in [-0.1, -0.05) is 43.8 Å². The van der Waals surface area contributed by atoms with E-state index < -0.39 is 12.1 Å². The van der Waals surface area contributed by atoms with Crippen LogP contribution in [0.1, 0.15) is 32.3 Å². The average molecular weight is 459 g/mol.